The quantitative estimate of drug-likeness (QED) is 0.698. The zero-order valence-electron chi connectivity index (χ0n) is 15.7. The molecule has 2 aromatic rings. The highest BCUT2D eigenvalue weighted by Crippen LogP contribution is 2.54. The maximum atomic E-state index is 12.6. The van der Waals surface area contributed by atoms with Gasteiger partial charge in [-0.15, -0.1) is 0 Å². The molecular formula is C21H21BrN4O2S. The largest absolute Gasteiger partial charge is 0.490 e. The van der Waals surface area contributed by atoms with E-state index in [0.29, 0.717) is 10.7 Å². The summed E-state index contributed by atoms with van der Waals surface area (Å²) >= 11 is 5.19. The summed E-state index contributed by atoms with van der Waals surface area (Å²) in [6.45, 7) is 0. The van der Waals surface area contributed by atoms with Crippen LogP contribution < -0.4 is 15.8 Å². The third-order valence-electron chi connectivity index (χ3n) is 6.10. The first-order valence-electron chi connectivity index (χ1n) is 9.71. The molecule has 3 heterocycles. The molecule has 1 aromatic carbocycles. The molecule has 2 unspecified atom stereocenters. The van der Waals surface area contributed by atoms with Crippen LogP contribution in [0.4, 0.5) is 0 Å². The fraction of sp³-hybridized carbons (Fsp3) is 0.381. The van der Waals surface area contributed by atoms with Crippen molar-refractivity contribution >= 4 is 38.8 Å². The summed E-state index contributed by atoms with van der Waals surface area (Å²) in [5.41, 5.74) is 7.39. The number of pyridine rings is 1. The summed E-state index contributed by atoms with van der Waals surface area (Å²) in [4.78, 5) is 21.6. The van der Waals surface area contributed by atoms with Gasteiger partial charge in [0.25, 0.3) is 5.91 Å². The molecule has 0 radical (unpaired) electrons. The third kappa shape index (κ3) is 3.32. The molecule has 29 heavy (non-hydrogen) atoms. The lowest BCUT2D eigenvalue weighted by Gasteiger charge is -2.48. The summed E-state index contributed by atoms with van der Waals surface area (Å²) in [5, 5.41) is 3.81. The predicted octanol–water partition coefficient (Wildman–Crippen LogP) is 3.46. The standard InChI is InChI=1S/C21H21BrN4O2S/c22-13-3-5-17-15(8-13)21(11-29-20(23)26-21)16-9-14(4-6-18(16)28-17)25-19(27)12-2-1-7-24-10-12/h1-3,5,7-8,10,14,16,18H,4,6,9,11H2,(H2,23,26)(H,25,27)/t14?,16-,18-,21?/m0/s1. The number of nitrogens with one attached hydrogen (secondary N) is 1. The molecule has 4 atom stereocenters. The highest BCUT2D eigenvalue weighted by Gasteiger charge is 2.54. The molecule has 1 fully saturated rings. The minimum atomic E-state index is -0.408. The Hall–Kier alpha value is -2.06. The Bertz CT molecular complexity index is 986. The van der Waals surface area contributed by atoms with Gasteiger partial charge >= 0.3 is 0 Å². The van der Waals surface area contributed by atoms with E-state index in [0.717, 1.165) is 40.8 Å². The Labute approximate surface area is 181 Å². The molecule has 2 aliphatic heterocycles. The highest BCUT2D eigenvalue weighted by molar-refractivity contribution is 9.10. The fourth-order valence-corrected chi connectivity index (χ4v) is 6.15. The molecule has 150 valence electrons. The van der Waals surface area contributed by atoms with Crippen LogP contribution in [0.5, 0.6) is 5.75 Å². The van der Waals surface area contributed by atoms with Crippen molar-refractivity contribution < 1.29 is 9.53 Å². The number of aliphatic imine (C=N–C) groups is 1. The number of nitrogens with zero attached hydrogens (tertiary/aromatic N) is 2. The van der Waals surface area contributed by atoms with Crippen molar-refractivity contribution in [1.82, 2.24) is 10.3 Å². The second kappa shape index (κ2) is 7.32. The van der Waals surface area contributed by atoms with Gasteiger partial charge in [-0.25, -0.2) is 4.99 Å². The number of ether oxygens (including phenoxy) is 1. The number of halogens is 1. The summed E-state index contributed by atoms with van der Waals surface area (Å²) in [6, 6.07) is 9.75. The first-order valence-corrected chi connectivity index (χ1v) is 11.5. The van der Waals surface area contributed by atoms with Crippen LogP contribution in [0.1, 0.15) is 35.2 Å². The van der Waals surface area contributed by atoms with Crippen molar-refractivity contribution in [2.45, 2.75) is 36.9 Å². The van der Waals surface area contributed by atoms with E-state index in [4.69, 9.17) is 15.5 Å². The van der Waals surface area contributed by atoms with Crippen molar-refractivity contribution in [3.05, 3.63) is 58.3 Å². The lowest BCUT2D eigenvalue weighted by molar-refractivity contribution is 0.0155. The van der Waals surface area contributed by atoms with Crippen LogP contribution >= 0.6 is 27.7 Å². The van der Waals surface area contributed by atoms with Crippen molar-refractivity contribution in [1.29, 1.82) is 0 Å². The fourth-order valence-electron chi connectivity index (χ4n) is 4.76. The molecule has 1 amide bonds. The number of benzene rings is 1. The van der Waals surface area contributed by atoms with Gasteiger partial charge in [0.15, 0.2) is 5.17 Å². The number of carbonyl (C=O) groups is 1. The van der Waals surface area contributed by atoms with E-state index in [9.17, 15) is 4.79 Å². The number of hydrogen-bond acceptors (Lipinski definition) is 6. The smallest absolute Gasteiger partial charge is 0.253 e. The van der Waals surface area contributed by atoms with Gasteiger partial charge in [0, 0.05) is 40.1 Å². The van der Waals surface area contributed by atoms with Crippen LogP contribution in [0.2, 0.25) is 0 Å². The number of aromatic nitrogens is 1. The van der Waals surface area contributed by atoms with Crippen LogP contribution in [-0.2, 0) is 5.54 Å². The van der Waals surface area contributed by atoms with Gasteiger partial charge in [-0.2, -0.15) is 0 Å². The summed E-state index contributed by atoms with van der Waals surface area (Å²) in [6.07, 6.45) is 5.89. The summed E-state index contributed by atoms with van der Waals surface area (Å²) in [7, 11) is 0. The van der Waals surface area contributed by atoms with Gasteiger partial charge in [0.05, 0.1) is 5.56 Å². The van der Waals surface area contributed by atoms with Crippen LogP contribution in [0.3, 0.4) is 0 Å². The van der Waals surface area contributed by atoms with Crippen molar-refractivity contribution in [3.8, 4) is 5.75 Å². The number of fused-ring (bicyclic) bond motifs is 4. The molecule has 8 heteroatoms. The molecule has 5 rings (SSSR count). The van der Waals surface area contributed by atoms with E-state index in [1.165, 1.54) is 0 Å². The van der Waals surface area contributed by atoms with Gasteiger partial charge in [-0.1, -0.05) is 27.7 Å². The van der Waals surface area contributed by atoms with Gasteiger partial charge in [0.2, 0.25) is 0 Å². The Morgan fingerprint density at radius 2 is 2.24 bits per heavy atom. The van der Waals surface area contributed by atoms with Gasteiger partial charge < -0.3 is 15.8 Å². The number of amidine groups is 1. The Kier molecular flexibility index (Phi) is 4.78. The minimum absolute atomic E-state index is 0.0696. The SMILES string of the molecule is NC1=NC2(CS1)c1cc(Br)ccc1O[C@H]1CCC(NC(=O)c3cccnc3)C[C@@H]12. The monoisotopic (exact) mass is 472 g/mol. The average molecular weight is 473 g/mol. The normalized spacial score (nSPS) is 30.1. The van der Waals surface area contributed by atoms with E-state index in [1.54, 1.807) is 36.3 Å². The number of hydrogen-bond donors (Lipinski definition) is 2. The van der Waals surface area contributed by atoms with E-state index < -0.39 is 5.54 Å². The second-order valence-electron chi connectivity index (χ2n) is 7.79. The molecule has 1 saturated carbocycles. The molecule has 0 bridgehead atoms. The zero-order valence-corrected chi connectivity index (χ0v) is 18.1. The van der Waals surface area contributed by atoms with Crippen LogP contribution in [-0.4, -0.2) is 34.0 Å². The van der Waals surface area contributed by atoms with Gasteiger partial charge in [0.1, 0.15) is 17.4 Å². The number of carbonyl (C=O) groups excluding carboxylic acids is 1. The first kappa shape index (κ1) is 18.9. The van der Waals surface area contributed by atoms with Crippen LogP contribution in [0.15, 0.2) is 52.2 Å². The van der Waals surface area contributed by atoms with E-state index in [1.807, 2.05) is 12.1 Å². The second-order valence-corrected chi connectivity index (χ2v) is 9.70. The van der Waals surface area contributed by atoms with E-state index >= 15 is 0 Å². The maximum Gasteiger partial charge on any atom is 0.253 e. The molecule has 0 saturated heterocycles. The number of amides is 1. The zero-order chi connectivity index (χ0) is 20.0. The Morgan fingerprint density at radius 1 is 1.34 bits per heavy atom. The minimum Gasteiger partial charge on any atom is -0.490 e. The third-order valence-corrected chi connectivity index (χ3v) is 7.56. The van der Waals surface area contributed by atoms with Gasteiger partial charge in [-0.05, 0) is 49.6 Å². The van der Waals surface area contributed by atoms with E-state index in [2.05, 4.69) is 32.3 Å². The number of nitrogens with two attached hydrogens (primary N) is 1. The van der Waals surface area contributed by atoms with Gasteiger partial charge in [-0.3, -0.25) is 9.78 Å². The lowest BCUT2D eigenvalue weighted by atomic mass is 9.67. The average Bonchev–Trinajstić information content (AvgIpc) is 3.12. The highest BCUT2D eigenvalue weighted by atomic mass is 79.9. The van der Waals surface area contributed by atoms with Crippen molar-refractivity contribution in [2.75, 3.05) is 5.75 Å². The maximum absolute atomic E-state index is 12.6. The van der Waals surface area contributed by atoms with Crippen molar-refractivity contribution in [3.63, 3.8) is 0 Å². The predicted molar refractivity (Wildman–Crippen MR) is 117 cm³/mol. The Balaban J connectivity index is 1.45. The molecule has 1 spiro atoms. The molecule has 3 aliphatic rings. The summed E-state index contributed by atoms with van der Waals surface area (Å²) < 4.78 is 7.39. The van der Waals surface area contributed by atoms with E-state index in [-0.39, 0.29) is 24.0 Å². The lowest BCUT2D eigenvalue weighted by Crippen LogP contribution is -2.54. The molecule has 1 aromatic heterocycles. The number of thioether (sulfide) groups is 1. The molecule has 3 N–H and O–H groups in total. The summed E-state index contributed by atoms with van der Waals surface area (Å²) in [5.74, 6) is 1.77. The molecule has 1 aliphatic carbocycles. The topological polar surface area (TPSA) is 89.6 Å². The van der Waals surface area contributed by atoms with Crippen LogP contribution in [0.25, 0.3) is 0 Å². The van der Waals surface area contributed by atoms with Crippen molar-refractivity contribution in [2.24, 2.45) is 16.6 Å². The molecule has 6 nitrogen and oxygen atoms in total. The van der Waals surface area contributed by atoms with Crippen LogP contribution in [0, 0.1) is 5.92 Å². The first-order chi connectivity index (χ1) is 14.0. The Morgan fingerprint density at radius 3 is 3.00 bits per heavy atom. The number of rotatable bonds is 2. The molecular weight excluding hydrogens is 452 g/mol.